The lowest BCUT2D eigenvalue weighted by Crippen LogP contribution is -2.47. The zero-order chi connectivity index (χ0) is 21.2. The van der Waals surface area contributed by atoms with Crippen molar-refractivity contribution in [1.29, 1.82) is 0 Å². The van der Waals surface area contributed by atoms with Crippen LogP contribution in [-0.2, 0) is 14.8 Å². The molecule has 0 spiro atoms. The minimum absolute atomic E-state index is 0.100. The molecule has 3 rings (SSSR count). The third-order valence-corrected chi connectivity index (χ3v) is 5.77. The summed E-state index contributed by atoms with van der Waals surface area (Å²) < 4.78 is 50.3. The number of anilines is 2. The van der Waals surface area contributed by atoms with E-state index in [4.69, 9.17) is 21.1 Å². The highest BCUT2D eigenvalue weighted by Crippen LogP contribution is 2.33. The van der Waals surface area contributed by atoms with Crippen molar-refractivity contribution >= 4 is 38.9 Å². The molecule has 1 amide bonds. The zero-order valence-corrected chi connectivity index (χ0v) is 17.4. The van der Waals surface area contributed by atoms with Crippen LogP contribution in [0.5, 0.6) is 11.5 Å². The Hall–Kier alpha value is -2.52. The summed E-state index contributed by atoms with van der Waals surface area (Å²) in [5, 5.41) is 2.47. The van der Waals surface area contributed by atoms with Gasteiger partial charge in [-0.2, -0.15) is 0 Å². The van der Waals surface area contributed by atoms with Crippen LogP contribution in [0.15, 0.2) is 36.4 Å². The summed E-state index contributed by atoms with van der Waals surface area (Å²) >= 11 is 5.81. The lowest BCUT2D eigenvalue weighted by atomic mass is 10.1. The highest BCUT2D eigenvalue weighted by molar-refractivity contribution is 7.92. The van der Waals surface area contributed by atoms with Gasteiger partial charge in [0.25, 0.3) is 0 Å². The number of hydrogen-bond acceptors (Lipinski definition) is 5. The fourth-order valence-corrected chi connectivity index (χ4v) is 4.41. The normalized spacial score (nSPS) is 14.2. The van der Waals surface area contributed by atoms with Gasteiger partial charge >= 0.3 is 0 Å². The minimum atomic E-state index is -3.86. The second kappa shape index (κ2) is 8.46. The number of benzene rings is 2. The molecule has 0 saturated heterocycles. The molecule has 1 unspecified atom stereocenters. The third kappa shape index (κ3) is 4.73. The van der Waals surface area contributed by atoms with E-state index in [0.717, 1.165) is 16.6 Å². The molecule has 0 fully saturated rings. The number of carbonyl (C=O) groups excluding carboxylic acids is 1. The van der Waals surface area contributed by atoms with Gasteiger partial charge in [-0.15, -0.1) is 0 Å². The quantitative estimate of drug-likeness (QED) is 0.740. The van der Waals surface area contributed by atoms with E-state index in [9.17, 15) is 17.6 Å². The van der Waals surface area contributed by atoms with Gasteiger partial charge in [0.2, 0.25) is 15.9 Å². The van der Waals surface area contributed by atoms with Crippen molar-refractivity contribution in [2.75, 3.05) is 29.1 Å². The summed E-state index contributed by atoms with van der Waals surface area (Å²) in [5.41, 5.74) is 0.534. The summed E-state index contributed by atoms with van der Waals surface area (Å²) in [7, 11) is -3.86. The molecular formula is C19H20ClFN2O5S. The number of ether oxygens (including phenoxy) is 2. The molecule has 0 aromatic heterocycles. The summed E-state index contributed by atoms with van der Waals surface area (Å²) in [5.74, 6) is -0.167. The van der Waals surface area contributed by atoms with Gasteiger partial charge in [0.05, 0.1) is 17.0 Å². The first-order chi connectivity index (χ1) is 13.7. The van der Waals surface area contributed by atoms with Gasteiger partial charge in [-0.25, -0.2) is 12.8 Å². The number of nitrogens with one attached hydrogen (secondary N) is 1. The smallest absolute Gasteiger partial charge is 0.248 e. The lowest BCUT2D eigenvalue weighted by Gasteiger charge is -2.30. The molecule has 0 radical (unpaired) electrons. The van der Waals surface area contributed by atoms with E-state index in [0.29, 0.717) is 30.4 Å². The largest absolute Gasteiger partial charge is 0.486 e. The Morgan fingerprint density at radius 1 is 1.21 bits per heavy atom. The van der Waals surface area contributed by atoms with Crippen molar-refractivity contribution in [1.82, 2.24) is 0 Å². The number of carbonyl (C=O) groups is 1. The monoisotopic (exact) mass is 442 g/mol. The fraction of sp³-hybridized carbons (Fsp3) is 0.316. The molecule has 1 heterocycles. The maximum Gasteiger partial charge on any atom is 0.248 e. The Labute approximate surface area is 173 Å². The van der Waals surface area contributed by atoms with Crippen LogP contribution in [0.2, 0.25) is 5.02 Å². The van der Waals surface area contributed by atoms with E-state index in [-0.39, 0.29) is 17.1 Å². The Morgan fingerprint density at radius 2 is 1.90 bits per heavy atom. The first kappa shape index (κ1) is 21.2. The molecule has 1 aliphatic rings. The van der Waals surface area contributed by atoms with Crippen LogP contribution in [0.3, 0.4) is 0 Å². The van der Waals surface area contributed by atoms with Crippen LogP contribution in [0, 0.1) is 5.82 Å². The van der Waals surface area contributed by atoms with Gasteiger partial charge in [-0.05, 0) is 36.8 Å². The number of halogens is 2. The van der Waals surface area contributed by atoms with E-state index < -0.39 is 27.8 Å². The van der Waals surface area contributed by atoms with Crippen LogP contribution in [0.25, 0.3) is 0 Å². The number of sulfonamides is 1. The summed E-state index contributed by atoms with van der Waals surface area (Å²) in [4.78, 5) is 12.9. The number of hydrogen-bond donors (Lipinski definition) is 1. The molecule has 2 aromatic rings. The highest BCUT2D eigenvalue weighted by atomic mass is 35.5. The maximum atomic E-state index is 13.5. The molecule has 1 atom stereocenters. The lowest BCUT2D eigenvalue weighted by molar-refractivity contribution is -0.117. The Morgan fingerprint density at radius 3 is 2.52 bits per heavy atom. The number of rotatable bonds is 6. The van der Waals surface area contributed by atoms with Crippen LogP contribution in [-0.4, -0.2) is 39.8 Å². The van der Waals surface area contributed by atoms with E-state index in [1.54, 1.807) is 25.1 Å². The van der Waals surface area contributed by atoms with Crippen molar-refractivity contribution in [3.8, 4) is 11.5 Å². The number of fused-ring (bicyclic) bond motifs is 1. The van der Waals surface area contributed by atoms with Gasteiger partial charge in [-0.1, -0.05) is 18.5 Å². The van der Waals surface area contributed by atoms with Crippen molar-refractivity contribution in [3.63, 3.8) is 0 Å². The topological polar surface area (TPSA) is 84.9 Å². The van der Waals surface area contributed by atoms with Crippen molar-refractivity contribution in [2.45, 2.75) is 19.4 Å². The predicted octanol–water partition coefficient (Wildman–Crippen LogP) is 3.43. The molecular weight excluding hydrogens is 423 g/mol. The van der Waals surface area contributed by atoms with E-state index in [1.165, 1.54) is 12.1 Å². The van der Waals surface area contributed by atoms with E-state index in [1.807, 2.05) is 0 Å². The first-order valence-electron chi connectivity index (χ1n) is 8.85. The summed E-state index contributed by atoms with van der Waals surface area (Å²) in [6.45, 7) is 2.52. The SMILES string of the molecule is CCC(C(=O)Nc1ccc2c(c1)OCCO2)N(c1ccc(F)c(Cl)c1)S(C)(=O)=O. The molecule has 156 valence electrons. The molecule has 1 N–H and O–H groups in total. The molecule has 0 saturated carbocycles. The molecule has 29 heavy (non-hydrogen) atoms. The third-order valence-electron chi connectivity index (χ3n) is 4.30. The van der Waals surface area contributed by atoms with Gasteiger partial charge in [0.15, 0.2) is 11.5 Å². The summed E-state index contributed by atoms with van der Waals surface area (Å²) in [6, 6.07) is 7.34. The van der Waals surface area contributed by atoms with Crippen LogP contribution < -0.4 is 19.1 Å². The van der Waals surface area contributed by atoms with Crippen molar-refractivity contribution in [3.05, 3.63) is 47.2 Å². The molecule has 10 heteroatoms. The average molecular weight is 443 g/mol. The van der Waals surface area contributed by atoms with Crippen molar-refractivity contribution in [2.24, 2.45) is 0 Å². The van der Waals surface area contributed by atoms with E-state index >= 15 is 0 Å². The second-order valence-corrected chi connectivity index (χ2v) is 8.70. The zero-order valence-electron chi connectivity index (χ0n) is 15.8. The van der Waals surface area contributed by atoms with Gasteiger partial charge in [-0.3, -0.25) is 9.10 Å². The molecule has 7 nitrogen and oxygen atoms in total. The predicted molar refractivity (Wildman–Crippen MR) is 109 cm³/mol. The molecule has 0 aliphatic carbocycles. The average Bonchev–Trinajstić information content (AvgIpc) is 2.67. The Bertz CT molecular complexity index is 1030. The molecule has 0 bridgehead atoms. The van der Waals surface area contributed by atoms with Gasteiger partial charge < -0.3 is 14.8 Å². The Balaban J connectivity index is 1.90. The molecule has 1 aliphatic heterocycles. The standard InChI is InChI=1S/C19H20ClFN2O5S/c1-3-16(23(29(2,25)26)13-5-6-15(21)14(20)11-13)19(24)22-12-4-7-17-18(10-12)28-9-8-27-17/h4-7,10-11,16H,3,8-9H2,1-2H3,(H,22,24). The second-order valence-electron chi connectivity index (χ2n) is 6.43. The minimum Gasteiger partial charge on any atom is -0.486 e. The fourth-order valence-electron chi connectivity index (χ4n) is 3.03. The van der Waals surface area contributed by atoms with E-state index in [2.05, 4.69) is 5.32 Å². The number of nitrogens with zero attached hydrogens (tertiary/aromatic N) is 1. The van der Waals surface area contributed by atoms with Gasteiger partial charge in [0.1, 0.15) is 25.1 Å². The Kier molecular flexibility index (Phi) is 6.18. The van der Waals surface area contributed by atoms with Crippen LogP contribution >= 0.6 is 11.6 Å². The highest BCUT2D eigenvalue weighted by Gasteiger charge is 2.32. The van der Waals surface area contributed by atoms with Crippen molar-refractivity contribution < 1.29 is 27.1 Å². The van der Waals surface area contributed by atoms with Crippen LogP contribution in [0.1, 0.15) is 13.3 Å². The molecule has 2 aromatic carbocycles. The first-order valence-corrected chi connectivity index (χ1v) is 11.1. The maximum absolute atomic E-state index is 13.5. The van der Waals surface area contributed by atoms with Gasteiger partial charge in [0, 0.05) is 11.8 Å². The summed E-state index contributed by atoms with van der Waals surface area (Å²) in [6.07, 6.45) is 1.16. The number of amides is 1. The van der Waals surface area contributed by atoms with Crippen LogP contribution in [0.4, 0.5) is 15.8 Å².